The first-order valence-electron chi connectivity index (χ1n) is 11.9. The number of hydrogen-bond acceptors (Lipinski definition) is 6. The zero-order valence-corrected chi connectivity index (χ0v) is 20.9. The lowest BCUT2D eigenvalue weighted by molar-refractivity contribution is -0.143. The van der Waals surface area contributed by atoms with Gasteiger partial charge in [0.15, 0.2) is 5.13 Å². The molecule has 2 aromatic rings. The first-order chi connectivity index (χ1) is 17.3. The van der Waals surface area contributed by atoms with Gasteiger partial charge in [-0.1, -0.05) is 0 Å². The van der Waals surface area contributed by atoms with Gasteiger partial charge in [0.1, 0.15) is 0 Å². The Bertz CT molecular complexity index is 1080. The molecule has 3 N–H and O–H groups in total. The summed E-state index contributed by atoms with van der Waals surface area (Å²) in [5.74, 6) is -0.494. The number of nitrogens with zero attached hydrogens (tertiary/aromatic N) is 2. The second-order valence-electron chi connectivity index (χ2n) is 9.66. The van der Waals surface area contributed by atoms with Crippen molar-refractivity contribution in [2.24, 2.45) is 0 Å². The van der Waals surface area contributed by atoms with E-state index in [-0.39, 0.29) is 22.8 Å². The Morgan fingerprint density at radius 3 is 2.27 bits per heavy atom. The summed E-state index contributed by atoms with van der Waals surface area (Å²) in [6.07, 6.45) is -6.68. The Morgan fingerprint density at radius 2 is 1.73 bits per heavy atom. The van der Waals surface area contributed by atoms with E-state index in [4.69, 9.17) is 10.5 Å². The lowest BCUT2D eigenvalue weighted by Gasteiger charge is -2.36. The Morgan fingerprint density at radius 1 is 1.11 bits per heavy atom. The zero-order valence-electron chi connectivity index (χ0n) is 20.1. The van der Waals surface area contributed by atoms with Gasteiger partial charge in [-0.15, -0.1) is 11.3 Å². The molecule has 2 unspecified atom stereocenters. The number of benzene rings is 1. The van der Waals surface area contributed by atoms with Crippen LogP contribution in [0.25, 0.3) is 0 Å². The molecule has 2 aliphatic rings. The molecule has 6 nitrogen and oxygen atoms in total. The van der Waals surface area contributed by atoms with Crippen LogP contribution in [0.15, 0.2) is 23.6 Å². The van der Waals surface area contributed by atoms with Crippen LogP contribution in [-0.4, -0.2) is 48.1 Å². The second kappa shape index (κ2) is 10.4. The van der Waals surface area contributed by atoms with Gasteiger partial charge in [-0.3, -0.25) is 4.79 Å². The molecule has 4 rings (SSSR count). The average Bonchev–Trinajstić information content (AvgIpc) is 3.49. The fourth-order valence-electron chi connectivity index (χ4n) is 5.29. The highest BCUT2D eigenvalue weighted by molar-refractivity contribution is 7.13. The average molecular weight is 551 g/mol. The summed E-state index contributed by atoms with van der Waals surface area (Å²) in [6.45, 7) is 0.827. The molecule has 1 saturated heterocycles. The molecule has 1 saturated carbocycles. The third kappa shape index (κ3) is 6.04. The number of nitrogens with two attached hydrogens (primary N) is 1. The van der Waals surface area contributed by atoms with Gasteiger partial charge < -0.3 is 20.7 Å². The van der Waals surface area contributed by atoms with Gasteiger partial charge >= 0.3 is 12.4 Å². The fraction of sp³-hybridized carbons (Fsp3) is 0.583. The number of thiazole rings is 1. The monoisotopic (exact) mass is 550 g/mol. The van der Waals surface area contributed by atoms with Crippen LogP contribution in [0, 0.1) is 0 Å². The molecule has 1 aromatic heterocycles. The lowest BCUT2D eigenvalue weighted by Crippen LogP contribution is -2.46. The molecule has 13 heteroatoms. The minimum absolute atomic E-state index is 0.0437. The Kier molecular flexibility index (Phi) is 7.78. The summed E-state index contributed by atoms with van der Waals surface area (Å²) < 4.78 is 85.0. The van der Waals surface area contributed by atoms with Gasteiger partial charge in [0.2, 0.25) is 5.91 Å². The fourth-order valence-corrected chi connectivity index (χ4v) is 5.95. The highest BCUT2D eigenvalue weighted by Gasteiger charge is 2.50. The predicted octanol–water partition coefficient (Wildman–Crippen LogP) is 4.98. The van der Waals surface area contributed by atoms with E-state index in [1.54, 1.807) is 5.38 Å². The van der Waals surface area contributed by atoms with Crippen molar-refractivity contribution in [3.8, 4) is 0 Å². The van der Waals surface area contributed by atoms with Crippen LogP contribution in [0.2, 0.25) is 0 Å². The van der Waals surface area contributed by atoms with Gasteiger partial charge in [0.05, 0.1) is 22.2 Å². The molecular weight excluding hydrogens is 522 g/mol. The van der Waals surface area contributed by atoms with E-state index in [2.05, 4.69) is 15.2 Å². The third-order valence-electron chi connectivity index (χ3n) is 7.38. The van der Waals surface area contributed by atoms with Crippen molar-refractivity contribution < 1.29 is 35.9 Å². The molecule has 0 radical (unpaired) electrons. The normalized spacial score (nSPS) is 23.5. The molecular formula is C24H28F6N4O2S. The van der Waals surface area contributed by atoms with Crippen molar-refractivity contribution >= 4 is 22.4 Å². The molecule has 2 fully saturated rings. The smallest absolute Gasteiger partial charge is 0.381 e. The number of aromatic nitrogens is 1. The van der Waals surface area contributed by atoms with Crippen LogP contribution < -0.4 is 11.1 Å². The highest BCUT2D eigenvalue weighted by Crippen LogP contribution is 2.44. The van der Waals surface area contributed by atoms with Crippen LogP contribution in [0.5, 0.6) is 0 Å². The van der Waals surface area contributed by atoms with E-state index in [9.17, 15) is 31.1 Å². The highest BCUT2D eigenvalue weighted by atomic mass is 32.1. The molecule has 37 heavy (non-hydrogen) atoms. The predicted molar refractivity (Wildman–Crippen MR) is 126 cm³/mol. The van der Waals surface area contributed by atoms with Gasteiger partial charge in [-0.05, 0) is 62.9 Å². The standard InChI is InChI=1S/C24H28F6N4O2S/c1-34(17-3-6-36-7-4-17)18-2-5-22(11-18,19-13-37-21(31)33-19)20(35)32-12-14-8-15(23(25,26)27)10-16(9-14)24(28,29)30/h8-10,13,17-18H,2-7,11-12H2,1H3,(H2,31,33)(H,32,35). The molecule has 204 valence electrons. The summed E-state index contributed by atoms with van der Waals surface area (Å²) in [7, 11) is 2.01. The van der Waals surface area contributed by atoms with Crippen molar-refractivity contribution in [1.29, 1.82) is 0 Å². The SMILES string of the molecule is CN(C1CCOCC1)C1CCC(C(=O)NCc2cc(C(F)(F)F)cc(C(F)(F)F)c2)(c2csc(N)n2)C1. The quantitative estimate of drug-likeness (QED) is 0.496. The van der Waals surface area contributed by atoms with E-state index in [1.807, 2.05) is 7.05 Å². The molecule has 0 bridgehead atoms. The van der Waals surface area contributed by atoms with Gasteiger partial charge in [0.25, 0.3) is 0 Å². The summed E-state index contributed by atoms with van der Waals surface area (Å²) in [5.41, 5.74) is 2.07. The molecule has 1 amide bonds. The number of nitrogens with one attached hydrogen (secondary N) is 1. The number of amides is 1. The van der Waals surface area contributed by atoms with Gasteiger partial charge in [0, 0.05) is 37.2 Å². The molecule has 2 heterocycles. The first kappa shape index (κ1) is 27.6. The number of rotatable bonds is 6. The number of halogens is 6. The second-order valence-corrected chi connectivity index (χ2v) is 10.5. The number of nitrogen functional groups attached to an aromatic ring is 1. The zero-order chi connectivity index (χ0) is 27.0. The van der Waals surface area contributed by atoms with Crippen molar-refractivity contribution in [2.45, 2.75) is 68.5 Å². The van der Waals surface area contributed by atoms with Crippen LogP contribution >= 0.6 is 11.3 Å². The number of carbonyl (C=O) groups is 1. The maximum absolute atomic E-state index is 13.6. The van der Waals surface area contributed by atoms with E-state index >= 15 is 0 Å². The van der Waals surface area contributed by atoms with Crippen molar-refractivity contribution in [1.82, 2.24) is 15.2 Å². The summed E-state index contributed by atoms with van der Waals surface area (Å²) in [5, 5.41) is 4.56. The Balaban J connectivity index is 1.57. The minimum Gasteiger partial charge on any atom is -0.381 e. The Hall–Kier alpha value is -2.38. The van der Waals surface area contributed by atoms with E-state index in [0.717, 1.165) is 12.8 Å². The summed E-state index contributed by atoms with van der Waals surface area (Å²) >= 11 is 1.18. The van der Waals surface area contributed by atoms with Crippen molar-refractivity contribution in [3.05, 3.63) is 46.0 Å². The Labute approximate surface area is 214 Å². The van der Waals surface area contributed by atoms with E-state index in [0.29, 0.717) is 56.3 Å². The van der Waals surface area contributed by atoms with Crippen molar-refractivity contribution in [2.75, 3.05) is 26.0 Å². The van der Waals surface area contributed by atoms with Gasteiger partial charge in [-0.2, -0.15) is 26.3 Å². The van der Waals surface area contributed by atoms with E-state index < -0.39 is 41.3 Å². The number of hydrogen-bond donors (Lipinski definition) is 2. The maximum Gasteiger partial charge on any atom is 0.416 e. The number of alkyl halides is 6. The number of carbonyl (C=O) groups excluding carboxylic acids is 1. The van der Waals surface area contributed by atoms with Crippen LogP contribution in [0.4, 0.5) is 31.5 Å². The van der Waals surface area contributed by atoms with Crippen LogP contribution in [0.1, 0.15) is 54.5 Å². The van der Waals surface area contributed by atoms with E-state index in [1.165, 1.54) is 11.3 Å². The molecule has 2 atom stereocenters. The third-order valence-corrected chi connectivity index (χ3v) is 8.05. The minimum atomic E-state index is -4.97. The van der Waals surface area contributed by atoms with Gasteiger partial charge in [-0.25, -0.2) is 4.98 Å². The first-order valence-corrected chi connectivity index (χ1v) is 12.8. The maximum atomic E-state index is 13.6. The molecule has 0 spiro atoms. The molecule has 1 aliphatic heterocycles. The van der Waals surface area contributed by atoms with Crippen molar-refractivity contribution in [3.63, 3.8) is 0 Å². The summed E-state index contributed by atoms with van der Waals surface area (Å²) in [4.78, 5) is 20.2. The number of ether oxygens (including phenoxy) is 1. The largest absolute Gasteiger partial charge is 0.416 e. The van der Waals surface area contributed by atoms with Crippen LogP contribution in [-0.2, 0) is 33.8 Å². The number of anilines is 1. The summed E-state index contributed by atoms with van der Waals surface area (Å²) in [6, 6.07) is 1.66. The molecule has 1 aromatic carbocycles. The molecule has 1 aliphatic carbocycles. The topological polar surface area (TPSA) is 80.5 Å². The lowest BCUT2D eigenvalue weighted by atomic mass is 9.81. The van der Waals surface area contributed by atoms with Crippen LogP contribution in [0.3, 0.4) is 0 Å².